The van der Waals surface area contributed by atoms with Crippen molar-refractivity contribution in [2.24, 2.45) is 5.92 Å². The second-order valence-corrected chi connectivity index (χ2v) is 6.17. The molecule has 2 N–H and O–H groups in total. The summed E-state index contributed by atoms with van der Waals surface area (Å²) < 4.78 is 5.87. The molecule has 5 nitrogen and oxygen atoms in total. The van der Waals surface area contributed by atoms with Gasteiger partial charge in [-0.3, -0.25) is 4.79 Å². The molecule has 5 heteroatoms. The van der Waals surface area contributed by atoms with Crippen LogP contribution < -0.4 is 5.32 Å². The molecule has 0 radical (unpaired) electrons. The normalized spacial score (nSPS) is 29.9. The molecule has 2 aliphatic rings. The van der Waals surface area contributed by atoms with Crippen LogP contribution in [-0.2, 0) is 16.1 Å². The van der Waals surface area contributed by atoms with Gasteiger partial charge >= 0.3 is 0 Å². The Kier molecular flexibility index (Phi) is 3.87. The van der Waals surface area contributed by atoms with Crippen LogP contribution in [0, 0.1) is 5.92 Å². The number of morpholine rings is 1. The number of benzene rings is 1. The summed E-state index contributed by atoms with van der Waals surface area (Å²) in [5, 5.41) is 13.2. The molecule has 1 amide bonds. The summed E-state index contributed by atoms with van der Waals surface area (Å²) in [5.41, 5.74) is 0.474. The van der Waals surface area contributed by atoms with Gasteiger partial charge in [0.15, 0.2) is 0 Å². The fraction of sp³-hybridized carbons (Fsp3) is 0.562. The highest BCUT2D eigenvalue weighted by Gasteiger charge is 2.43. The summed E-state index contributed by atoms with van der Waals surface area (Å²) in [7, 11) is 0. The van der Waals surface area contributed by atoms with E-state index in [2.05, 4.69) is 12.2 Å². The third kappa shape index (κ3) is 2.89. The van der Waals surface area contributed by atoms with Crippen molar-refractivity contribution in [2.45, 2.75) is 25.5 Å². The third-order valence-electron chi connectivity index (χ3n) is 4.66. The zero-order valence-electron chi connectivity index (χ0n) is 12.3. The number of carbonyl (C=O) groups is 1. The van der Waals surface area contributed by atoms with Gasteiger partial charge in [0, 0.05) is 24.6 Å². The lowest BCUT2D eigenvalue weighted by Gasteiger charge is -2.43. The fourth-order valence-electron chi connectivity index (χ4n) is 3.25. The zero-order valence-corrected chi connectivity index (χ0v) is 12.3. The summed E-state index contributed by atoms with van der Waals surface area (Å²) in [6.07, 6.45) is 1.08. The minimum atomic E-state index is -0.304. The Hall–Kier alpha value is -1.59. The highest BCUT2D eigenvalue weighted by atomic mass is 16.5. The third-order valence-corrected chi connectivity index (χ3v) is 4.66. The predicted octanol–water partition coefficient (Wildman–Crippen LogP) is 1.12. The topological polar surface area (TPSA) is 61.8 Å². The van der Waals surface area contributed by atoms with Crippen molar-refractivity contribution in [3.05, 3.63) is 29.8 Å². The van der Waals surface area contributed by atoms with E-state index >= 15 is 0 Å². The molecule has 0 spiro atoms. The molecular weight excluding hydrogens is 268 g/mol. The van der Waals surface area contributed by atoms with Crippen molar-refractivity contribution in [2.75, 3.05) is 26.2 Å². The van der Waals surface area contributed by atoms with Gasteiger partial charge in [-0.15, -0.1) is 0 Å². The van der Waals surface area contributed by atoms with Crippen LogP contribution in [0.4, 0.5) is 0 Å². The van der Waals surface area contributed by atoms with Crippen LogP contribution >= 0.6 is 0 Å². The van der Waals surface area contributed by atoms with E-state index in [1.54, 1.807) is 17.0 Å². The maximum absolute atomic E-state index is 12.1. The maximum Gasteiger partial charge on any atom is 0.249 e. The number of nitrogens with zero attached hydrogens (tertiary/aromatic N) is 1. The summed E-state index contributed by atoms with van der Waals surface area (Å²) in [4.78, 5) is 13.9. The van der Waals surface area contributed by atoms with Gasteiger partial charge in [0.05, 0.1) is 12.1 Å². The minimum Gasteiger partial charge on any atom is -0.508 e. The standard InChI is InChI=1S/C16H22N2O3/c1-16(13-6-7-17-8-13)11-18(15(20)10-21-16)9-12-4-2-3-5-14(12)19/h2-5,13,17,19H,6-11H2,1H3. The SMILES string of the molecule is CC1(C2CCNC2)CN(Cc2ccccc2O)C(=O)CO1. The first-order valence-electron chi connectivity index (χ1n) is 7.48. The van der Waals surface area contributed by atoms with E-state index < -0.39 is 0 Å². The molecule has 2 heterocycles. The number of carbonyl (C=O) groups excluding carboxylic acids is 1. The Morgan fingerprint density at radius 3 is 3.00 bits per heavy atom. The van der Waals surface area contributed by atoms with Crippen molar-refractivity contribution in [3.8, 4) is 5.75 Å². The molecule has 0 aliphatic carbocycles. The number of hydrogen-bond donors (Lipinski definition) is 2. The lowest BCUT2D eigenvalue weighted by molar-refractivity contribution is -0.169. The molecular formula is C16H22N2O3. The maximum atomic E-state index is 12.1. The molecule has 0 aromatic heterocycles. The van der Waals surface area contributed by atoms with E-state index in [0.29, 0.717) is 19.0 Å². The molecule has 1 aromatic rings. The van der Waals surface area contributed by atoms with E-state index in [4.69, 9.17) is 4.74 Å². The van der Waals surface area contributed by atoms with Crippen LogP contribution in [0.2, 0.25) is 0 Å². The lowest BCUT2D eigenvalue weighted by Crippen LogP contribution is -2.56. The number of phenolic OH excluding ortho intramolecular Hbond substituents is 1. The van der Waals surface area contributed by atoms with Crippen LogP contribution in [0.25, 0.3) is 0 Å². The van der Waals surface area contributed by atoms with Crippen molar-refractivity contribution >= 4 is 5.91 Å². The summed E-state index contributed by atoms with van der Waals surface area (Å²) in [6.45, 7) is 5.18. The van der Waals surface area contributed by atoms with E-state index in [1.165, 1.54) is 0 Å². The van der Waals surface area contributed by atoms with Gasteiger partial charge < -0.3 is 20.1 Å². The summed E-state index contributed by atoms with van der Waals surface area (Å²) in [6, 6.07) is 7.17. The monoisotopic (exact) mass is 290 g/mol. The lowest BCUT2D eigenvalue weighted by atomic mass is 9.86. The molecule has 1 aromatic carbocycles. The molecule has 21 heavy (non-hydrogen) atoms. The highest BCUT2D eigenvalue weighted by molar-refractivity contribution is 5.78. The largest absolute Gasteiger partial charge is 0.508 e. The van der Waals surface area contributed by atoms with Crippen LogP contribution in [0.5, 0.6) is 5.75 Å². The van der Waals surface area contributed by atoms with Crippen molar-refractivity contribution < 1.29 is 14.6 Å². The molecule has 2 fully saturated rings. The number of rotatable bonds is 3. The number of para-hydroxylation sites is 1. The molecule has 0 bridgehead atoms. The first kappa shape index (κ1) is 14.4. The molecule has 3 rings (SSSR count). The number of ether oxygens (including phenoxy) is 1. The molecule has 0 saturated carbocycles. The second kappa shape index (κ2) is 5.66. The molecule has 2 aliphatic heterocycles. The number of nitrogens with one attached hydrogen (secondary N) is 1. The van der Waals surface area contributed by atoms with E-state index in [1.807, 2.05) is 12.1 Å². The number of aromatic hydroxyl groups is 1. The van der Waals surface area contributed by atoms with E-state index in [-0.39, 0.29) is 23.9 Å². The van der Waals surface area contributed by atoms with Gasteiger partial charge in [-0.2, -0.15) is 0 Å². The van der Waals surface area contributed by atoms with Crippen LogP contribution in [0.15, 0.2) is 24.3 Å². The number of amides is 1. The second-order valence-electron chi connectivity index (χ2n) is 6.17. The Morgan fingerprint density at radius 2 is 2.29 bits per heavy atom. The Balaban J connectivity index is 1.74. The molecule has 2 unspecified atom stereocenters. The van der Waals surface area contributed by atoms with Gasteiger partial charge in [0.1, 0.15) is 12.4 Å². The minimum absolute atomic E-state index is 0.0123. The van der Waals surface area contributed by atoms with Crippen molar-refractivity contribution in [3.63, 3.8) is 0 Å². The summed E-state index contributed by atoms with van der Waals surface area (Å²) in [5.74, 6) is 0.653. The van der Waals surface area contributed by atoms with E-state index in [0.717, 1.165) is 25.1 Å². The molecule has 114 valence electrons. The van der Waals surface area contributed by atoms with Gasteiger partial charge in [-0.1, -0.05) is 18.2 Å². The average molecular weight is 290 g/mol. The fourth-order valence-corrected chi connectivity index (χ4v) is 3.25. The van der Waals surface area contributed by atoms with Crippen LogP contribution in [-0.4, -0.2) is 47.8 Å². The average Bonchev–Trinajstić information content (AvgIpc) is 3.00. The summed E-state index contributed by atoms with van der Waals surface area (Å²) >= 11 is 0. The Morgan fingerprint density at radius 1 is 1.48 bits per heavy atom. The zero-order chi connectivity index (χ0) is 14.9. The Bertz CT molecular complexity index is 528. The highest BCUT2D eigenvalue weighted by Crippen LogP contribution is 2.32. The molecule has 2 saturated heterocycles. The van der Waals surface area contributed by atoms with Gasteiger partial charge in [0.25, 0.3) is 0 Å². The van der Waals surface area contributed by atoms with Crippen molar-refractivity contribution in [1.29, 1.82) is 0 Å². The van der Waals surface area contributed by atoms with Crippen LogP contribution in [0.3, 0.4) is 0 Å². The first-order chi connectivity index (χ1) is 10.1. The van der Waals surface area contributed by atoms with Gasteiger partial charge in [-0.25, -0.2) is 0 Å². The first-order valence-corrected chi connectivity index (χ1v) is 7.48. The quantitative estimate of drug-likeness (QED) is 0.876. The predicted molar refractivity (Wildman–Crippen MR) is 78.9 cm³/mol. The number of hydrogen-bond acceptors (Lipinski definition) is 4. The van der Waals surface area contributed by atoms with Crippen LogP contribution in [0.1, 0.15) is 18.9 Å². The number of phenols is 1. The molecule has 2 atom stereocenters. The Labute approximate surface area is 124 Å². The van der Waals surface area contributed by atoms with Gasteiger partial charge in [-0.05, 0) is 26.0 Å². The van der Waals surface area contributed by atoms with E-state index in [9.17, 15) is 9.90 Å². The van der Waals surface area contributed by atoms with Gasteiger partial charge in [0.2, 0.25) is 5.91 Å². The smallest absolute Gasteiger partial charge is 0.249 e. The van der Waals surface area contributed by atoms with Crippen molar-refractivity contribution in [1.82, 2.24) is 10.2 Å².